The SMILES string of the molecule is C[n+]1ccc(-c2c3nc(c(-c4cc[n+](C)c5ccccc45)c4ccc([nH]4)c(-c4cc[n+](C)c5ccccc45)c4ccc([nH]4)c(-c4cc[n+](C)c5ccccc45)c4nc2C=C4)C=C3)c2ccccc21.[Cl-].[Cl-].[Cl-].[Cl-]. The maximum Gasteiger partial charge on any atom is 0.212 e. The van der Waals surface area contributed by atoms with Crippen LogP contribution in [0.4, 0.5) is 0 Å². The number of aromatic amines is 2. The van der Waals surface area contributed by atoms with Gasteiger partial charge in [-0.3, -0.25) is 0 Å². The second-order valence-electron chi connectivity index (χ2n) is 17.9. The highest BCUT2D eigenvalue weighted by Gasteiger charge is 2.25. The monoisotopic (exact) mass is 1020 g/mol. The van der Waals surface area contributed by atoms with E-state index < -0.39 is 0 Å². The lowest BCUT2D eigenvalue weighted by Crippen LogP contribution is -3.00. The molecule has 0 saturated carbocycles. The molecule has 13 rings (SSSR count). The lowest BCUT2D eigenvalue weighted by atomic mass is 9.98. The number of H-pyrrole nitrogens is 2. The van der Waals surface area contributed by atoms with Crippen LogP contribution in [0.25, 0.3) is 134 Å². The molecule has 0 atom stereocenters. The van der Waals surface area contributed by atoms with Crippen LogP contribution in [0.3, 0.4) is 0 Å². The minimum Gasteiger partial charge on any atom is -1.00 e. The number of hydrogen-bond acceptors (Lipinski definition) is 2. The number of hydrogen-bond donors (Lipinski definition) is 2. The van der Waals surface area contributed by atoms with E-state index in [1.54, 1.807) is 0 Å². The van der Waals surface area contributed by atoms with E-state index in [0.29, 0.717) is 0 Å². The fourth-order valence-corrected chi connectivity index (χ4v) is 10.7. The molecule has 0 amide bonds. The van der Waals surface area contributed by atoms with Gasteiger partial charge in [0.15, 0.2) is 24.8 Å². The Bertz CT molecular complexity index is 4050. The Hall–Kier alpha value is -7.72. The summed E-state index contributed by atoms with van der Waals surface area (Å²) >= 11 is 0. The number of aryl methyl sites for hydroxylation is 4. The quantitative estimate of drug-likeness (QED) is 0.228. The summed E-state index contributed by atoms with van der Waals surface area (Å²) < 4.78 is 8.73. The molecular formula is C60H46Cl4N8. The van der Waals surface area contributed by atoms with E-state index in [0.717, 1.165) is 133 Å². The van der Waals surface area contributed by atoms with Crippen LogP contribution in [0.5, 0.6) is 0 Å². The van der Waals surface area contributed by atoms with Gasteiger partial charge in [-0.15, -0.1) is 0 Å². The second kappa shape index (κ2) is 19.5. The molecule has 8 bridgehead atoms. The van der Waals surface area contributed by atoms with Crippen molar-refractivity contribution in [3.05, 3.63) is 193 Å². The number of rotatable bonds is 4. The molecule has 0 fully saturated rings. The third-order valence-electron chi connectivity index (χ3n) is 14.0. The lowest BCUT2D eigenvalue weighted by molar-refractivity contribution is -0.644. The molecule has 0 spiro atoms. The molecule has 12 heteroatoms. The van der Waals surface area contributed by atoms with Crippen molar-refractivity contribution in [2.24, 2.45) is 28.2 Å². The Morgan fingerprint density at radius 1 is 0.292 bits per heavy atom. The molecule has 4 aromatic carbocycles. The van der Waals surface area contributed by atoms with Crippen LogP contribution in [-0.4, -0.2) is 19.9 Å². The minimum atomic E-state index is 0. The van der Waals surface area contributed by atoms with Crippen molar-refractivity contribution in [3.8, 4) is 44.5 Å². The molecule has 72 heavy (non-hydrogen) atoms. The fourth-order valence-electron chi connectivity index (χ4n) is 10.7. The Morgan fingerprint density at radius 2 is 0.542 bits per heavy atom. The summed E-state index contributed by atoms with van der Waals surface area (Å²) in [6.07, 6.45) is 17.3. The Labute approximate surface area is 441 Å². The summed E-state index contributed by atoms with van der Waals surface area (Å²) in [5, 5.41) is 4.56. The maximum atomic E-state index is 5.68. The van der Waals surface area contributed by atoms with E-state index in [1.165, 1.54) is 0 Å². The predicted octanol–water partition coefficient (Wildman–Crippen LogP) is -0.750. The Morgan fingerprint density at radius 3 is 0.861 bits per heavy atom. The van der Waals surface area contributed by atoms with Crippen LogP contribution in [-0.2, 0) is 28.2 Å². The Balaban J connectivity index is 0.00000160. The molecule has 11 aromatic rings. The maximum absolute atomic E-state index is 5.68. The highest BCUT2D eigenvalue weighted by Crippen LogP contribution is 2.42. The molecular weight excluding hydrogens is 975 g/mol. The first-order chi connectivity index (χ1) is 33.4. The largest absolute Gasteiger partial charge is 1.00 e. The van der Waals surface area contributed by atoms with Gasteiger partial charge in [0.05, 0.1) is 44.3 Å². The molecule has 0 saturated heterocycles. The molecule has 354 valence electrons. The van der Waals surface area contributed by atoms with Crippen LogP contribution in [0.1, 0.15) is 22.8 Å². The van der Waals surface area contributed by atoms with Crippen molar-refractivity contribution in [2.45, 2.75) is 0 Å². The summed E-state index contributed by atoms with van der Waals surface area (Å²) in [4.78, 5) is 19.4. The number of halogens is 4. The van der Waals surface area contributed by atoms with Crippen molar-refractivity contribution >= 4 is 90.0 Å². The first-order valence-electron chi connectivity index (χ1n) is 23.1. The zero-order valence-electron chi connectivity index (χ0n) is 39.7. The average molecular weight is 1020 g/mol. The van der Waals surface area contributed by atoms with Gasteiger partial charge < -0.3 is 59.6 Å². The van der Waals surface area contributed by atoms with Gasteiger partial charge in [0.1, 0.15) is 28.2 Å². The molecule has 2 N–H and O–H groups in total. The molecule has 2 aliphatic rings. The van der Waals surface area contributed by atoms with Crippen molar-refractivity contribution in [3.63, 3.8) is 0 Å². The first-order valence-corrected chi connectivity index (χ1v) is 23.1. The number of pyridine rings is 4. The minimum absolute atomic E-state index is 0. The van der Waals surface area contributed by atoms with Crippen LogP contribution < -0.4 is 67.9 Å². The number of aromatic nitrogens is 8. The third-order valence-corrected chi connectivity index (χ3v) is 14.0. The van der Waals surface area contributed by atoms with Crippen LogP contribution in [0.2, 0.25) is 0 Å². The van der Waals surface area contributed by atoms with Gasteiger partial charge in [-0.05, 0) is 72.8 Å². The van der Waals surface area contributed by atoms with E-state index >= 15 is 0 Å². The summed E-state index contributed by atoms with van der Waals surface area (Å²) in [6, 6.07) is 52.3. The van der Waals surface area contributed by atoms with Gasteiger partial charge in [0, 0.05) is 115 Å². The Kier molecular flexibility index (Phi) is 13.3. The summed E-state index contributed by atoms with van der Waals surface area (Å²) in [7, 11) is 8.42. The van der Waals surface area contributed by atoms with Crippen molar-refractivity contribution < 1.29 is 67.9 Å². The smallest absolute Gasteiger partial charge is 0.212 e. The molecule has 9 heterocycles. The predicted molar refractivity (Wildman–Crippen MR) is 275 cm³/mol. The summed E-state index contributed by atoms with van der Waals surface area (Å²) in [5.74, 6) is 0. The van der Waals surface area contributed by atoms with E-state index in [4.69, 9.17) is 9.97 Å². The zero-order chi connectivity index (χ0) is 45.6. The van der Waals surface area contributed by atoms with E-state index in [-0.39, 0.29) is 49.6 Å². The van der Waals surface area contributed by atoms with Crippen LogP contribution in [0.15, 0.2) is 170 Å². The van der Waals surface area contributed by atoms with Gasteiger partial charge in [-0.25, -0.2) is 28.2 Å². The number of nitrogens with one attached hydrogen (secondary N) is 2. The van der Waals surface area contributed by atoms with E-state index in [1.807, 2.05) is 0 Å². The summed E-state index contributed by atoms with van der Waals surface area (Å²) in [5.41, 5.74) is 20.3. The molecule has 2 aliphatic heterocycles. The fraction of sp³-hybridized carbons (Fsp3) is 0.0667. The van der Waals surface area contributed by atoms with Crippen LogP contribution >= 0.6 is 0 Å². The molecule has 0 radical (unpaired) electrons. The zero-order valence-corrected chi connectivity index (χ0v) is 42.7. The van der Waals surface area contributed by atoms with Gasteiger partial charge in [-0.2, -0.15) is 0 Å². The number of benzene rings is 4. The molecule has 8 nitrogen and oxygen atoms in total. The van der Waals surface area contributed by atoms with Gasteiger partial charge in [0.25, 0.3) is 0 Å². The van der Waals surface area contributed by atoms with Gasteiger partial charge >= 0.3 is 0 Å². The molecule has 0 aliphatic carbocycles. The highest BCUT2D eigenvalue weighted by molar-refractivity contribution is 6.08. The van der Waals surface area contributed by atoms with E-state index in [9.17, 15) is 0 Å². The van der Waals surface area contributed by atoms with Gasteiger partial charge in [0.2, 0.25) is 22.1 Å². The number of fused-ring (bicyclic) bond motifs is 12. The van der Waals surface area contributed by atoms with Crippen molar-refractivity contribution in [1.29, 1.82) is 0 Å². The highest BCUT2D eigenvalue weighted by atomic mass is 35.5. The second-order valence-corrected chi connectivity index (χ2v) is 17.9. The standard InChI is InChI=1S/C60H45N8.4ClH/c1-65-33-29-41(37-13-5-9-17-53(37)65)57-45-21-23-47(61-45)58(42-30-34-66(2)54-18-10-6-14-38(42)54)49-25-27-51(63-49)60(44-32-36-68(4)56-20-12-8-16-40(44)56)52-28-26-50(64-52)59(48-24-22-46(57)62-48)43-31-35-67(3)55-19-11-7-15-39(43)55;;;;/h5-36H,1-4H3,(H,61,62,63,64);4*1H/q+3;;;;/p-3. The first kappa shape index (κ1) is 49.3. The van der Waals surface area contributed by atoms with Gasteiger partial charge in [-0.1, -0.05) is 48.5 Å². The normalized spacial score (nSPS) is 11.6. The number of para-hydroxylation sites is 4. The number of nitrogens with zero attached hydrogens (tertiary/aromatic N) is 6. The van der Waals surface area contributed by atoms with E-state index in [2.05, 4.69) is 251 Å². The summed E-state index contributed by atoms with van der Waals surface area (Å²) in [6.45, 7) is 0. The molecule has 7 aromatic heterocycles. The molecule has 0 unspecified atom stereocenters. The van der Waals surface area contributed by atoms with Crippen molar-refractivity contribution in [2.75, 3.05) is 0 Å². The third kappa shape index (κ3) is 7.88. The topological polar surface area (TPSA) is 72.9 Å². The lowest BCUT2D eigenvalue weighted by Gasteiger charge is -2.10. The van der Waals surface area contributed by atoms with Crippen LogP contribution in [0, 0.1) is 0 Å². The average Bonchev–Trinajstić information content (AvgIpc) is 4.23. The van der Waals surface area contributed by atoms with Crippen molar-refractivity contribution in [1.82, 2.24) is 19.9 Å².